The molecule has 4 heteroatoms. The number of halogens is 1. The van der Waals surface area contributed by atoms with Crippen LogP contribution >= 0.6 is 15.9 Å². The van der Waals surface area contributed by atoms with E-state index in [1.165, 1.54) is 57.8 Å². The Balaban J connectivity index is 3.29. The highest BCUT2D eigenvalue weighted by atomic mass is 79.9. The highest BCUT2D eigenvalue weighted by molar-refractivity contribution is 9.09. The van der Waals surface area contributed by atoms with Crippen molar-refractivity contribution in [3.63, 3.8) is 0 Å². The Morgan fingerprint density at radius 3 is 2.28 bits per heavy atom. The molecule has 1 unspecified atom stereocenters. The third kappa shape index (κ3) is 13.1. The fourth-order valence-electron chi connectivity index (χ4n) is 1.95. The van der Waals surface area contributed by atoms with Crippen LogP contribution in [-0.2, 0) is 9.16 Å². The van der Waals surface area contributed by atoms with E-state index in [0.29, 0.717) is 0 Å². The molecule has 0 N–H and O–H groups in total. The van der Waals surface area contributed by atoms with Crippen LogP contribution in [0.15, 0.2) is 0 Å². The molecule has 18 heavy (non-hydrogen) atoms. The lowest BCUT2D eigenvalue weighted by Gasteiger charge is -2.16. The van der Waals surface area contributed by atoms with Gasteiger partial charge in [0.1, 0.15) is 16.8 Å². The number of alkyl halides is 1. The fraction of sp³-hybridized carbons (Fsp3) is 1.00. The zero-order valence-electron chi connectivity index (χ0n) is 12.3. The summed E-state index contributed by atoms with van der Waals surface area (Å²) in [6, 6.07) is 0. The van der Waals surface area contributed by atoms with Gasteiger partial charge in [-0.05, 0) is 25.7 Å². The Hall–Kier alpha value is 0.617. The van der Waals surface area contributed by atoms with Gasteiger partial charge in [-0.3, -0.25) is 0 Å². The Labute approximate surface area is 125 Å². The molecule has 0 saturated heterocycles. The largest absolute Gasteiger partial charge is 0.404 e. The quantitative estimate of drug-likeness (QED) is 0.207. The van der Waals surface area contributed by atoms with Crippen molar-refractivity contribution in [3.05, 3.63) is 0 Å². The molecule has 110 valence electrons. The molecule has 0 aliphatic heterocycles. The van der Waals surface area contributed by atoms with Gasteiger partial charge in [0.15, 0.2) is 0 Å². The van der Waals surface area contributed by atoms with Gasteiger partial charge in [0, 0.05) is 11.9 Å². The van der Waals surface area contributed by atoms with E-state index < -0.39 is 0 Å². The van der Waals surface area contributed by atoms with Crippen LogP contribution in [0, 0.1) is 0 Å². The molecule has 0 heterocycles. The fourth-order valence-corrected chi connectivity index (χ4v) is 2.72. The first kappa shape index (κ1) is 18.6. The molecule has 0 rings (SSSR count). The minimum Gasteiger partial charge on any atom is -0.404 e. The second-order valence-corrected chi connectivity index (χ2v) is 6.11. The number of rotatable bonds is 14. The summed E-state index contributed by atoms with van der Waals surface area (Å²) in [5, 5.41) is 1.12. The van der Waals surface area contributed by atoms with Gasteiger partial charge in [0.2, 0.25) is 0 Å². The molecule has 0 radical (unpaired) electrons. The van der Waals surface area contributed by atoms with Crippen molar-refractivity contribution in [3.8, 4) is 0 Å². The van der Waals surface area contributed by atoms with Crippen LogP contribution in [0.2, 0.25) is 0 Å². The lowest BCUT2D eigenvalue weighted by Crippen LogP contribution is -2.16. The van der Waals surface area contributed by atoms with E-state index in [0.717, 1.165) is 28.8 Å². The molecule has 2 nitrogen and oxygen atoms in total. The van der Waals surface area contributed by atoms with Crippen molar-refractivity contribution in [2.45, 2.75) is 77.4 Å². The molecular formula is C14H31BrO2Si. The van der Waals surface area contributed by atoms with E-state index in [-0.39, 0.29) is 6.29 Å². The molecule has 0 spiro atoms. The first-order valence-electron chi connectivity index (χ1n) is 7.55. The van der Waals surface area contributed by atoms with Gasteiger partial charge in [-0.2, -0.15) is 0 Å². The third-order valence-electron chi connectivity index (χ3n) is 3.14. The minimum absolute atomic E-state index is 0.0782. The molecule has 0 aliphatic carbocycles. The van der Waals surface area contributed by atoms with Gasteiger partial charge in [-0.25, -0.2) is 0 Å². The Bertz CT molecular complexity index is 159. The highest BCUT2D eigenvalue weighted by Crippen LogP contribution is 2.11. The summed E-state index contributed by atoms with van der Waals surface area (Å²) in [6.45, 7) is 3.12. The summed E-state index contributed by atoms with van der Waals surface area (Å²) in [5.41, 5.74) is 0. The predicted molar refractivity (Wildman–Crippen MR) is 86.4 cm³/mol. The standard InChI is InChI=1S/C14H31BrO2Si/c1-2-3-4-5-8-11-14(17-18)16-13-10-7-6-9-12-15/h14H,2-13H2,1,18H3. The van der Waals surface area contributed by atoms with Gasteiger partial charge in [0.25, 0.3) is 0 Å². The molecule has 0 bridgehead atoms. The van der Waals surface area contributed by atoms with E-state index in [9.17, 15) is 0 Å². The summed E-state index contributed by atoms with van der Waals surface area (Å²) < 4.78 is 11.3. The molecule has 0 fully saturated rings. The van der Waals surface area contributed by atoms with Gasteiger partial charge >= 0.3 is 0 Å². The molecular weight excluding hydrogens is 308 g/mol. The van der Waals surface area contributed by atoms with Crippen LogP contribution in [-0.4, -0.2) is 28.7 Å². The summed E-state index contributed by atoms with van der Waals surface area (Å²) in [5.74, 6) is 0. The van der Waals surface area contributed by atoms with Gasteiger partial charge in [0.05, 0.1) is 0 Å². The molecule has 0 aromatic heterocycles. The van der Waals surface area contributed by atoms with E-state index in [1.807, 2.05) is 0 Å². The Morgan fingerprint density at radius 1 is 0.944 bits per heavy atom. The second-order valence-electron chi connectivity index (χ2n) is 4.84. The van der Waals surface area contributed by atoms with Gasteiger partial charge in [-0.15, -0.1) is 0 Å². The van der Waals surface area contributed by atoms with Crippen molar-refractivity contribution < 1.29 is 9.16 Å². The van der Waals surface area contributed by atoms with E-state index in [4.69, 9.17) is 9.16 Å². The van der Waals surface area contributed by atoms with E-state index >= 15 is 0 Å². The summed E-state index contributed by atoms with van der Waals surface area (Å²) in [4.78, 5) is 0. The maximum absolute atomic E-state index is 5.78. The zero-order chi connectivity index (χ0) is 13.5. The second kappa shape index (κ2) is 15.7. The van der Waals surface area contributed by atoms with Gasteiger partial charge < -0.3 is 9.16 Å². The smallest absolute Gasteiger partial charge is 0.149 e. The Morgan fingerprint density at radius 2 is 1.61 bits per heavy atom. The predicted octanol–water partition coefficient (Wildman–Crippen LogP) is 3.94. The number of ether oxygens (including phenoxy) is 1. The topological polar surface area (TPSA) is 18.5 Å². The lowest BCUT2D eigenvalue weighted by molar-refractivity contribution is -0.0831. The molecule has 0 saturated carbocycles. The zero-order valence-corrected chi connectivity index (χ0v) is 15.8. The molecule has 0 aliphatic rings. The highest BCUT2D eigenvalue weighted by Gasteiger charge is 2.05. The summed E-state index contributed by atoms with van der Waals surface area (Å²) in [7, 11) is 0.781. The lowest BCUT2D eigenvalue weighted by atomic mass is 10.1. The maximum atomic E-state index is 5.78. The SMILES string of the molecule is CCCCCCCC(O[SiH3])OCCCCCCBr. The van der Waals surface area contributed by atoms with Crippen LogP contribution in [0.25, 0.3) is 0 Å². The number of hydrogen-bond acceptors (Lipinski definition) is 2. The monoisotopic (exact) mass is 338 g/mol. The molecule has 0 aromatic rings. The van der Waals surface area contributed by atoms with Crippen molar-refractivity contribution in [1.82, 2.24) is 0 Å². The molecule has 1 atom stereocenters. The normalized spacial score (nSPS) is 13.0. The van der Waals surface area contributed by atoms with Crippen LogP contribution in [0.1, 0.15) is 71.1 Å². The van der Waals surface area contributed by atoms with Crippen LogP contribution < -0.4 is 0 Å². The molecule has 0 amide bonds. The van der Waals surface area contributed by atoms with Crippen molar-refractivity contribution in [2.24, 2.45) is 0 Å². The minimum atomic E-state index is 0.0782. The summed E-state index contributed by atoms with van der Waals surface area (Å²) in [6.07, 6.45) is 12.8. The van der Waals surface area contributed by atoms with Crippen molar-refractivity contribution in [2.75, 3.05) is 11.9 Å². The van der Waals surface area contributed by atoms with Crippen molar-refractivity contribution in [1.29, 1.82) is 0 Å². The molecule has 0 aromatic carbocycles. The maximum Gasteiger partial charge on any atom is 0.149 e. The first-order chi connectivity index (χ1) is 8.85. The van der Waals surface area contributed by atoms with Crippen LogP contribution in [0.3, 0.4) is 0 Å². The Kier molecular flexibility index (Phi) is 16.2. The van der Waals surface area contributed by atoms with E-state index in [2.05, 4.69) is 22.9 Å². The van der Waals surface area contributed by atoms with Crippen LogP contribution in [0.4, 0.5) is 0 Å². The average Bonchev–Trinajstić information content (AvgIpc) is 2.40. The van der Waals surface area contributed by atoms with E-state index in [1.54, 1.807) is 0 Å². The van der Waals surface area contributed by atoms with Crippen LogP contribution in [0.5, 0.6) is 0 Å². The number of hydrogen-bond donors (Lipinski definition) is 0. The van der Waals surface area contributed by atoms with Gasteiger partial charge in [-0.1, -0.05) is 61.4 Å². The first-order valence-corrected chi connectivity index (χ1v) is 9.49. The third-order valence-corrected chi connectivity index (χ3v) is 4.22. The summed E-state index contributed by atoms with van der Waals surface area (Å²) >= 11 is 3.45. The van der Waals surface area contributed by atoms with Crippen molar-refractivity contribution >= 4 is 26.4 Å². The average molecular weight is 339 g/mol. The number of unbranched alkanes of at least 4 members (excludes halogenated alkanes) is 7.